The third-order valence-corrected chi connectivity index (χ3v) is 3.98. The van der Waals surface area contributed by atoms with Gasteiger partial charge in [-0.2, -0.15) is 0 Å². The fraction of sp³-hybridized carbons (Fsp3) is 0.273. The lowest BCUT2D eigenvalue weighted by Crippen LogP contribution is -3.06. The summed E-state index contributed by atoms with van der Waals surface area (Å²) in [4.78, 5) is 24.4. The Bertz CT molecular complexity index is 818. The summed E-state index contributed by atoms with van der Waals surface area (Å²) in [6, 6.07) is 16.8. The average molecular weight is 365 g/mol. The number of amides is 1. The Kier molecular flexibility index (Phi) is 7.60. The third kappa shape index (κ3) is 7.35. The highest BCUT2D eigenvalue weighted by Crippen LogP contribution is 2.05. The van der Waals surface area contributed by atoms with E-state index in [0.29, 0.717) is 18.7 Å². The number of benzene rings is 2. The van der Waals surface area contributed by atoms with Crippen LogP contribution < -0.4 is 10.2 Å². The molecular weight excluding hydrogens is 340 g/mol. The predicted molar refractivity (Wildman–Crippen MR) is 105 cm³/mol. The van der Waals surface area contributed by atoms with Gasteiger partial charge in [-0.15, -0.1) is 0 Å². The van der Waals surface area contributed by atoms with E-state index in [0.717, 1.165) is 16.0 Å². The highest BCUT2D eigenvalue weighted by molar-refractivity contribution is 5.94. The second-order valence-electron chi connectivity index (χ2n) is 6.78. The Morgan fingerprint density at radius 3 is 2.15 bits per heavy atom. The van der Waals surface area contributed by atoms with Crippen molar-refractivity contribution < 1.29 is 19.6 Å². The molecule has 0 saturated heterocycles. The maximum Gasteiger partial charge on any atom is 0.303 e. The van der Waals surface area contributed by atoms with Crippen molar-refractivity contribution in [2.75, 3.05) is 27.2 Å². The Balaban J connectivity index is 1.94. The highest BCUT2D eigenvalue weighted by atomic mass is 16.4. The topological polar surface area (TPSA) is 70.8 Å². The summed E-state index contributed by atoms with van der Waals surface area (Å²) in [6.07, 6.45) is 0.0411. The van der Waals surface area contributed by atoms with Crippen molar-refractivity contribution in [1.82, 2.24) is 5.32 Å². The lowest BCUT2D eigenvalue weighted by atomic mass is 10.0. The van der Waals surface area contributed by atoms with Gasteiger partial charge in [0.25, 0.3) is 5.91 Å². The van der Waals surface area contributed by atoms with Gasteiger partial charge in [0.1, 0.15) is 0 Å². The average Bonchev–Trinajstić information content (AvgIpc) is 2.64. The molecule has 1 atom stereocenters. The molecule has 0 fully saturated rings. The van der Waals surface area contributed by atoms with Gasteiger partial charge in [0, 0.05) is 29.2 Å². The number of hydrogen-bond acceptors (Lipinski definition) is 2. The largest absolute Gasteiger partial charge is 0.481 e. The summed E-state index contributed by atoms with van der Waals surface area (Å²) < 4.78 is 0. The summed E-state index contributed by atoms with van der Waals surface area (Å²) >= 11 is 0. The number of carbonyl (C=O) groups excluding carboxylic acids is 1. The minimum atomic E-state index is -0.850. The van der Waals surface area contributed by atoms with Crippen LogP contribution >= 0.6 is 0 Å². The van der Waals surface area contributed by atoms with Gasteiger partial charge in [0.2, 0.25) is 0 Å². The number of carboxylic acid groups (broad SMARTS) is 1. The molecule has 5 nitrogen and oxygen atoms in total. The van der Waals surface area contributed by atoms with E-state index in [1.165, 1.54) is 0 Å². The molecule has 27 heavy (non-hydrogen) atoms. The Hall–Kier alpha value is -3.10. The van der Waals surface area contributed by atoms with Crippen LogP contribution in [-0.4, -0.2) is 44.2 Å². The lowest BCUT2D eigenvalue weighted by molar-refractivity contribution is -0.861. The van der Waals surface area contributed by atoms with Crippen molar-refractivity contribution in [3.05, 3.63) is 71.3 Å². The minimum absolute atomic E-state index is 0.0411. The molecule has 2 aromatic rings. The molecule has 0 aromatic heterocycles. The van der Waals surface area contributed by atoms with Gasteiger partial charge in [-0.3, -0.25) is 9.59 Å². The maximum atomic E-state index is 12.3. The molecule has 2 rings (SSSR count). The second kappa shape index (κ2) is 10.1. The zero-order valence-electron chi connectivity index (χ0n) is 15.7. The molecule has 0 aliphatic carbocycles. The van der Waals surface area contributed by atoms with Crippen LogP contribution in [0.2, 0.25) is 0 Å². The summed E-state index contributed by atoms with van der Waals surface area (Å²) in [6.45, 7) is 1.02. The number of quaternary nitrogens is 1. The highest BCUT2D eigenvalue weighted by Gasteiger charge is 2.18. The van der Waals surface area contributed by atoms with E-state index >= 15 is 0 Å². The summed E-state index contributed by atoms with van der Waals surface area (Å²) in [7, 11) is 3.93. The fourth-order valence-corrected chi connectivity index (χ4v) is 2.75. The van der Waals surface area contributed by atoms with Crippen LogP contribution in [0.25, 0.3) is 0 Å². The molecular formula is C22H25N2O3+. The predicted octanol–water partition coefficient (Wildman–Crippen LogP) is 1.05. The van der Waals surface area contributed by atoms with Crippen LogP contribution in [0.5, 0.6) is 0 Å². The van der Waals surface area contributed by atoms with Crippen LogP contribution in [0.4, 0.5) is 0 Å². The van der Waals surface area contributed by atoms with Gasteiger partial charge >= 0.3 is 5.97 Å². The van der Waals surface area contributed by atoms with E-state index in [1.807, 2.05) is 56.6 Å². The van der Waals surface area contributed by atoms with E-state index in [2.05, 4.69) is 17.2 Å². The number of rotatable bonds is 7. The number of nitrogens with one attached hydrogen (secondary N) is 2. The molecule has 2 aromatic carbocycles. The van der Waals surface area contributed by atoms with Crippen LogP contribution in [-0.2, 0) is 4.79 Å². The molecule has 0 aliphatic heterocycles. The van der Waals surface area contributed by atoms with Crippen molar-refractivity contribution in [1.29, 1.82) is 0 Å². The van der Waals surface area contributed by atoms with Gasteiger partial charge in [0.15, 0.2) is 0 Å². The van der Waals surface area contributed by atoms with Crippen molar-refractivity contribution in [3.63, 3.8) is 0 Å². The van der Waals surface area contributed by atoms with Crippen LogP contribution in [0.3, 0.4) is 0 Å². The Labute approximate surface area is 160 Å². The Morgan fingerprint density at radius 1 is 1.00 bits per heavy atom. The molecule has 0 aliphatic rings. The molecule has 0 radical (unpaired) electrons. The van der Waals surface area contributed by atoms with Crippen molar-refractivity contribution >= 4 is 11.9 Å². The van der Waals surface area contributed by atoms with Crippen molar-refractivity contribution in [3.8, 4) is 11.8 Å². The number of carbonyl (C=O) groups is 2. The Morgan fingerprint density at radius 2 is 1.59 bits per heavy atom. The van der Waals surface area contributed by atoms with Gasteiger partial charge in [-0.1, -0.05) is 30.0 Å². The third-order valence-electron chi connectivity index (χ3n) is 3.98. The maximum absolute atomic E-state index is 12.3. The van der Waals surface area contributed by atoms with Crippen LogP contribution in [0.15, 0.2) is 54.6 Å². The quantitative estimate of drug-likeness (QED) is 0.643. The second-order valence-corrected chi connectivity index (χ2v) is 6.78. The molecule has 0 heterocycles. The number of hydrogen-bond donors (Lipinski definition) is 3. The molecule has 0 saturated carbocycles. The van der Waals surface area contributed by atoms with E-state index in [4.69, 9.17) is 5.11 Å². The standard InChI is InChI=1S/C22H24N2O3/c1-24(2)16-19(14-21(25)26)15-23-22(27)20-12-10-18(11-13-20)9-8-17-6-4-3-5-7-17/h3-7,10-13,19H,14-16H2,1-2H3,(H,23,27)(H,25,26)/p+1. The van der Waals surface area contributed by atoms with Gasteiger partial charge in [-0.25, -0.2) is 0 Å². The minimum Gasteiger partial charge on any atom is -0.481 e. The smallest absolute Gasteiger partial charge is 0.303 e. The molecule has 5 heteroatoms. The van der Waals surface area contributed by atoms with E-state index in [-0.39, 0.29) is 18.2 Å². The van der Waals surface area contributed by atoms with Gasteiger partial charge in [-0.05, 0) is 36.4 Å². The van der Waals surface area contributed by atoms with E-state index < -0.39 is 5.97 Å². The molecule has 1 unspecified atom stereocenters. The SMILES string of the molecule is C[NH+](C)CC(CNC(=O)c1ccc(C#Cc2ccccc2)cc1)CC(=O)O. The normalized spacial score (nSPS) is 11.4. The zero-order valence-corrected chi connectivity index (χ0v) is 15.7. The molecule has 3 N–H and O–H groups in total. The first-order valence-corrected chi connectivity index (χ1v) is 8.90. The number of carboxylic acids is 1. The van der Waals surface area contributed by atoms with Gasteiger partial charge in [0.05, 0.1) is 27.1 Å². The van der Waals surface area contributed by atoms with Crippen LogP contribution in [0.1, 0.15) is 27.9 Å². The molecule has 0 bridgehead atoms. The molecule has 1 amide bonds. The van der Waals surface area contributed by atoms with Crippen molar-refractivity contribution in [2.24, 2.45) is 5.92 Å². The van der Waals surface area contributed by atoms with E-state index in [1.54, 1.807) is 12.1 Å². The first kappa shape index (κ1) is 20.2. The van der Waals surface area contributed by atoms with Crippen molar-refractivity contribution in [2.45, 2.75) is 6.42 Å². The van der Waals surface area contributed by atoms with Gasteiger partial charge < -0.3 is 15.3 Å². The molecule has 0 spiro atoms. The van der Waals surface area contributed by atoms with E-state index in [9.17, 15) is 9.59 Å². The first-order valence-electron chi connectivity index (χ1n) is 8.90. The fourth-order valence-electron chi connectivity index (χ4n) is 2.75. The summed E-state index contributed by atoms with van der Waals surface area (Å²) in [5.74, 6) is 4.99. The monoisotopic (exact) mass is 365 g/mol. The summed E-state index contributed by atoms with van der Waals surface area (Å²) in [5, 5.41) is 11.8. The zero-order chi connectivity index (χ0) is 19.6. The molecule has 140 valence electrons. The van der Waals surface area contributed by atoms with Crippen LogP contribution in [0, 0.1) is 17.8 Å². The lowest BCUT2D eigenvalue weighted by Gasteiger charge is -2.17. The first-order chi connectivity index (χ1) is 12.9. The summed E-state index contributed by atoms with van der Waals surface area (Å²) in [5.41, 5.74) is 2.30. The number of aliphatic carboxylic acids is 1.